The lowest BCUT2D eigenvalue weighted by Gasteiger charge is -2.14. The summed E-state index contributed by atoms with van der Waals surface area (Å²) in [6.45, 7) is 3.13. The number of aryl methyl sites for hydroxylation is 2. The summed E-state index contributed by atoms with van der Waals surface area (Å²) < 4.78 is 35.7. The van der Waals surface area contributed by atoms with E-state index in [-0.39, 0.29) is 28.4 Å². The number of sulfonamides is 1. The van der Waals surface area contributed by atoms with Crippen LogP contribution >= 0.6 is 0 Å². The van der Waals surface area contributed by atoms with Gasteiger partial charge in [0, 0.05) is 20.2 Å². The number of anilines is 1. The summed E-state index contributed by atoms with van der Waals surface area (Å²) in [5, 5.41) is 0. The molecule has 0 spiro atoms. The van der Waals surface area contributed by atoms with Gasteiger partial charge in [0.1, 0.15) is 6.61 Å². The minimum atomic E-state index is -3.96. The Balaban J connectivity index is 1.87. The third kappa shape index (κ3) is 4.65. The van der Waals surface area contributed by atoms with Crippen molar-refractivity contribution in [2.24, 2.45) is 14.1 Å². The molecule has 2 aromatic carbocycles. The molecule has 3 rings (SSSR count). The third-order valence-corrected chi connectivity index (χ3v) is 6.51. The second-order valence-electron chi connectivity index (χ2n) is 7.37. The second kappa shape index (κ2) is 8.83. The largest absolute Gasteiger partial charge is 0.456 e. The van der Waals surface area contributed by atoms with Crippen molar-refractivity contribution in [3.63, 3.8) is 0 Å². The van der Waals surface area contributed by atoms with Crippen LogP contribution in [0.5, 0.6) is 0 Å². The van der Waals surface area contributed by atoms with E-state index in [4.69, 9.17) is 4.74 Å². The van der Waals surface area contributed by atoms with Gasteiger partial charge in [0.2, 0.25) is 0 Å². The maximum absolute atomic E-state index is 12.9. The van der Waals surface area contributed by atoms with Gasteiger partial charge in [0.05, 0.1) is 21.8 Å². The van der Waals surface area contributed by atoms with Crippen LogP contribution < -0.4 is 16.0 Å². The van der Waals surface area contributed by atoms with Gasteiger partial charge in [-0.2, -0.15) is 0 Å². The predicted octanol–water partition coefficient (Wildman–Crippen LogP) is 1.86. The molecule has 3 aromatic rings. The Morgan fingerprint density at radius 3 is 2.41 bits per heavy atom. The molecule has 0 unspecified atom stereocenters. The first-order valence-electron chi connectivity index (χ1n) is 9.63. The molecule has 0 aliphatic rings. The number of nitrogens with zero attached hydrogens (tertiary/aromatic N) is 2. The highest BCUT2D eigenvalue weighted by Crippen LogP contribution is 2.23. The molecule has 0 aliphatic heterocycles. The number of rotatable bonds is 6. The van der Waals surface area contributed by atoms with E-state index in [1.807, 2.05) is 6.07 Å². The van der Waals surface area contributed by atoms with Gasteiger partial charge in [0.25, 0.3) is 15.6 Å². The number of carbonyl (C=O) groups is 1. The molecule has 0 saturated carbocycles. The standard InChI is InChI=1S/C22H23N3O6S/c1-14-9-10-15(2)19(11-14)32(29,30)23-18-8-6-5-7-17(18)21(27)31-13-16-12-20(26)25(4)22(28)24(16)3/h5-12,23H,13H2,1-4H3. The van der Waals surface area contributed by atoms with Gasteiger partial charge in [0.15, 0.2) is 0 Å². The number of aromatic nitrogens is 2. The summed E-state index contributed by atoms with van der Waals surface area (Å²) >= 11 is 0. The molecule has 1 heterocycles. The lowest BCUT2D eigenvalue weighted by Crippen LogP contribution is -2.38. The Morgan fingerprint density at radius 2 is 1.69 bits per heavy atom. The van der Waals surface area contributed by atoms with E-state index < -0.39 is 27.2 Å². The average Bonchev–Trinajstić information content (AvgIpc) is 2.75. The first-order valence-corrected chi connectivity index (χ1v) is 11.1. The Bertz CT molecular complexity index is 1420. The van der Waals surface area contributed by atoms with Crippen molar-refractivity contribution in [3.05, 3.63) is 91.8 Å². The molecule has 32 heavy (non-hydrogen) atoms. The highest BCUT2D eigenvalue weighted by molar-refractivity contribution is 7.92. The zero-order valence-corrected chi connectivity index (χ0v) is 18.9. The molecular formula is C22H23N3O6S. The molecule has 0 radical (unpaired) electrons. The monoisotopic (exact) mass is 457 g/mol. The second-order valence-corrected chi connectivity index (χ2v) is 9.02. The molecule has 0 aliphatic carbocycles. The molecule has 0 bridgehead atoms. The summed E-state index contributed by atoms with van der Waals surface area (Å²) in [6.07, 6.45) is 0. The first-order chi connectivity index (χ1) is 15.0. The number of nitrogens with one attached hydrogen (secondary N) is 1. The Hall–Kier alpha value is -3.66. The zero-order valence-electron chi connectivity index (χ0n) is 18.1. The van der Waals surface area contributed by atoms with Crippen LogP contribution in [0, 0.1) is 13.8 Å². The van der Waals surface area contributed by atoms with E-state index in [2.05, 4.69) is 4.72 Å². The number of benzene rings is 2. The Morgan fingerprint density at radius 1 is 1.00 bits per heavy atom. The highest BCUT2D eigenvalue weighted by atomic mass is 32.2. The van der Waals surface area contributed by atoms with E-state index in [0.29, 0.717) is 5.56 Å². The molecule has 10 heteroatoms. The van der Waals surface area contributed by atoms with Crippen LogP contribution in [0.1, 0.15) is 27.2 Å². The summed E-state index contributed by atoms with van der Waals surface area (Å²) in [7, 11) is -1.16. The number of hydrogen-bond donors (Lipinski definition) is 1. The number of esters is 1. The van der Waals surface area contributed by atoms with E-state index in [0.717, 1.165) is 10.1 Å². The fourth-order valence-electron chi connectivity index (χ4n) is 3.08. The van der Waals surface area contributed by atoms with E-state index in [9.17, 15) is 22.8 Å². The highest BCUT2D eigenvalue weighted by Gasteiger charge is 2.21. The summed E-state index contributed by atoms with van der Waals surface area (Å²) in [5.41, 5.74) is 0.524. The van der Waals surface area contributed by atoms with Gasteiger partial charge in [-0.3, -0.25) is 18.7 Å². The normalized spacial score (nSPS) is 11.2. The molecule has 168 valence electrons. The number of ether oxygens (including phenoxy) is 1. The van der Waals surface area contributed by atoms with Crippen molar-refractivity contribution in [1.82, 2.24) is 9.13 Å². The third-order valence-electron chi connectivity index (χ3n) is 5.00. The Kier molecular flexibility index (Phi) is 6.35. The first kappa shape index (κ1) is 23.0. The van der Waals surface area contributed by atoms with Gasteiger partial charge in [-0.15, -0.1) is 0 Å². The molecule has 1 N–H and O–H groups in total. The SMILES string of the molecule is Cc1ccc(C)c(S(=O)(=O)Nc2ccccc2C(=O)OCc2cc(=O)n(C)c(=O)n2C)c1. The summed E-state index contributed by atoms with van der Waals surface area (Å²) in [6, 6.07) is 12.3. The van der Waals surface area contributed by atoms with Crippen molar-refractivity contribution in [3.8, 4) is 0 Å². The molecule has 0 saturated heterocycles. The van der Waals surface area contributed by atoms with Crippen molar-refractivity contribution >= 4 is 21.7 Å². The lowest BCUT2D eigenvalue weighted by atomic mass is 10.2. The average molecular weight is 458 g/mol. The molecule has 0 atom stereocenters. The van der Waals surface area contributed by atoms with E-state index in [1.165, 1.54) is 36.9 Å². The molecular weight excluding hydrogens is 434 g/mol. The predicted molar refractivity (Wildman–Crippen MR) is 119 cm³/mol. The topological polar surface area (TPSA) is 116 Å². The van der Waals surface area contributed by atoms with Gasteiger partial charge >= 0.3 is 11.7 Å². The van der Waals surface area contributed by atoms with Crippen LogP contribution in [-0.2, 0) is 35.5 Å². The van der Waals surface area contributed by atoms with Crippen LogP contribution in [-0.4, -0.2) is 23.5 Å². The quantitative estimate of drug-likeness (QED) is 0.565. The molecule has 9 nitrogen and oxygen atoms in total. The van der Waals surface area contributed by atoms with Gasteiger partial charge < -0.3 is 4.74 Å². The number of para-hydroxylation sites is 1. The molecule has 1 aromatic heterocycles. The zero-order chi connectivity index (χ0) is 23.6. The number of hydrogen-bond acceptors (Lipinski definition) is 6. The maximum Gasteiger partial charge on any atom is 0.340 e. The van der Waals surface area contributed by atoms with Gasteiger partial charge in [-0.25, -0.2) is 18.0 Å². The minimum absolute atomic E-state index is 0.00443. The summed E-state index contributed by atoms with van der Waals surface area (Å²) in [5.74, 6) is -0.808. The van der Waals surface area contributed by atoms with Crippen LogP contribution in [0.3, 0.4) is 0 Å². The summed E-state index contributed by atoms with van der Waals surface area (Å²) in [4.78, 5) is 36.7. The van der Waals surface area contributed by atoms with Crippen molar-refractivity contribution in [2.45, 2.75) is 25.3 Å². The van der Waals surface area contributed by atoms with Crippen LogP contribution in [0.15, 0.2) is 63.0 Å². The maximum atomic E-state index is 12.9. The van der Waals surface area contributed by atoms with Gasteiger partial charge in [-0.1, -0.05) is 24.3 Å². The van der Waals surface area contributed by atoms with E-state index >= 15 is 0 Å². The minimum Gasteiger partial charge on any atom is -0.456 e. The fraction of sp³-hybridized carbons (Fsp3) is 0.227. The van der Waals surface area contributed by atoms with Crippen LogP contribution in [0.25, 0.3) is 0 Å². The molecule has 0 fully saturated rings. The van der Waals surface area contributed by atoms with E-state index in [1.54, 1.807) is 38.1 Å². The molecule has 0 amide bonds. The lowest BCUT2D eigenvalue weighted by molar-refractivity contribution is 0.0464. The fourth-order valence-corrected chi connectivity index (χ4v) is 4.49. The van der Waals surface area contributed by atoms with Crippen molar-refractivity contribution in [1.29, 1.82) is 0 Å². The Labute approximate surface area is 185 Å². The van der Waals surface area contributed by atoms with Crippen molar-refractivity contribution in [2.75, 3.05) is 4.72 Å². The van der Waals surface area contributed by atoms with Crippen LogP contribution in [0.4, 0.5) is 5.69 Å². The smallest absolute Gasteiger partial charge is 0.340 e. The van der Waals surface area contributed by atoms with Gasteiger partial charge in [-0.05, 0) is 43.2 Å². The van der Waals surface area contributed by atoms with Crippen molar-refractivity contribution < 1.29 is 17.9 Å². The van der Waals surface area contributed by atoms with Crippen LogP contribution in [0.2, 0.25) is 0 Å². The number of carbonyl (C=O) groups excluding carboxylic acids is 1.